The molecule has 0 bridgehead atoms. The van der Waals surface area contributed by atoms with Gasteiger partial charge >= 0.3 is 6.18 Å². The Morgan fingerprint density at radius 2 is 1.56 bits per heavy atom. The van der Waals surface area contributed by atoms with E-state index in [2.05, 4.69) is 5.32 Å². The number of nitrogens with zero attached hydrogens (tertiary/aromatic N) is 2. The predicted molar refractivity (Wildman–Crippen MR) is 80.8 cm³/mol. The van der Waals surface area contributed by atoms with Crippen molar-refractivity contribution in [2.75, 3.05) is 5.32 Å². The molecule has 0 heterocycles. The standard InChI is InChI=1S/C17H7F6N3O/c18-11-2-1-3-14(26-8-9(6-24)7-25)16(11)27-15-12(19)4-10(5-13(15)20)17(21,22)23/h1-5,8,26H. The average Bonchev–Trinajstić information content (AvgIpc) is 2.59. The van der Waals surface area contributed by atoms with Gasteiger partial charge in [-0.1, -0.05) is 6.07 Å². The maximum Gasteiger partial charge on any atom is 0.416 e. The Balaban J connectivity index is 2.46. The third-order valence-electron chi connectivity index (χ3n) is 3.11. The van der Waals surface area contributed by atoms with Crippen molar-refractivity contribution in [3.63, 3.8) is 0 Å². The first-order valence-electron chi connectivity index (χ1n) is 6.97. The molecule has 2 aromatic rings. The molecule has 138 valence electrons. The van der Waals surface area contributed by atoms with Gasteiger partial charge in [-0.15, -0.1) is 0 Å². The molecule has 0 fully saturated rings. The Bertz CT molecular complexity index is 947. The van der Waals surface area contributed by atoms with Crippen LogP contribution >= 0.6 is 0 Å². The van der Waals surface area contributed by atoms with E-state index in [1.165, 1.54) is 24.3 Å². The Morgan fingerprint density at radius 3 is 2.07 bits per heavy atom. The third kappa shape index (κ3) is 4.50. The maximum atomic E-state index is 14.0. The number of rotatable bonds is 4. The first-order valence-corrected chi connectivity index (χ1v) is 6.97. The van der Waals surface area contributed by atoms with Crippen molar-refractivity contribution in [1.29, 1.82) is 10.5 Å². The van der Waals surface area contributed by atoms with Gasteiger partial charge in [-0.05, 0) is 24.3 Å². The molecular weight excluding hydrogens is 376 g/mol. The lowest BCUT2D eigenvalue weighted by atomic mass is 10.2. The molecule has 0 spiro atoms. The molecule has 0 radical (unpaired) electrons. The second-order valence-electron chi connectivity index (χ2n) is 4.91. The van der Waals surface area contributed by atoms with Gasteiger partial charge in [0.2, 0.25) is 0 Å². The number of hydrogen-bond donors (Lipinski definition) is 1. The Hall–Kier alpha value is -3.66. The van der Waals surface area contributed by atoms with Gasteiger partial charge in [-0.3, -0.25) is 0 Å². The van der Waals surface area contributed by atoms with Crippen molar-refractivity contribution < 1.29 is 31.1 Å². The highest BCUT2D eigenvalue weighted by atomic mass is 19.4. The van der Waals surface area contributed by atoms with Gasteiger partial charge in [0.1, 0.15) is 17.7 Å². The molecule has 0 saturated heterocycles. The van der Waals surface area contributed by atoms with Gasteiger partial charge in [0.25, 0.3) is 0 Å². The number of ether oxygens (including phenoxy) is 1. The predicted octanol–water partition coefficient (Wildman–Crippen LogP) is 5.26. The summed E-state index contributed by atoms with van der Waals surface area (Å²) in [7, 11) is 0. The molecule has 0 saturated carbocycles. The van der Waals surface area contributed by atoms with E-state index in [9.17, 15) is 26.3 Å². The van der Waals surface area contributed by atoms with Crippen molar-refractivity contribution in [1.82, 2.24) is 0 Å². The van der Waals surface area contributed by atoms with Crippen LogP contribution in [0.4, 0.5) is 32.0 Å². The number of allylic oxidation sites excluding steroid dienone is 1. The molecule has 2 aromatic carbocycles. The van der Waals surface area contributed by atoms with Gasteiger partial charge in [0, 0.05) is 6.20 Å². The third-order valence-corrected chi connectivity index (χ3v) is 3.11. The summed E-state index contributed by atoms with van der Waals surface area (Å²) in [5, 5.41) is 19.7. The lowest BCUT2D eigenvalue weighted by Gasteiger charge is -2.14. The molecule has 0 aliphatic rings. The number of para-hydroxylation sites is 1. The van der Waals surface area contributed by atoms with Crippen LogP contribution in [0, 0.1) is 40.1 Å². The molecule has 27 heavy (non-hydrogen) atoms. The molecule has 4 nitrogen and oxygen atoms in total. The van der Waals surface area contributed by atoms with Gasteiger partial charge in [0.05, 0.1) is 11.3 Å². The van der Waals surface area contributed by atoms with Crippen LogP contribution in [0.15, 0.2) is 42.1 Å². The molecule has 10 heteroatoms. The summed E-state index contributed by atoms with van der Waals surface area (Å²) in [4.78, 5) is 0. The second kappa shape index (κ2) is 7.70. The topological polar surface area (TPSA) is 68.8 Å². The zero-order valence-corrected chi connectivity index (χ0v) is 13.0. The van der Waals surface area contributed by atoms with Crippen LogP contribution in [0.1, 0.15) is 5.56 Å². The Labute approximate surface area is 148 Å². The smallest absolute Gasteiger partial charge is 0.416 e. The summed E-state index contributed by atoms with van der Waals surface area (Å²) in [5.74, 6) is -6.48. The first kappa shape index (κ1) is 19.7. The van der Waals surface area contributed by atoms with Crippen LogP contribution in [0.25, 0.3) is 0 Å². The number of halogens is 6. The molecule has 2 rings (SSSR count). The fourth-order valence-corrected chi connectivity index (χ4v) is 1.89. The van der Waals surface area contributed by atoms with Crippen molar-refractivity contribution in [2.45, 2.75) is 6.18 Å². The fourth-order valence-electron chi connectivity index (χ4n) is 1.89. The summed E-state index contributed by atoms with van der Waals surface area (Å²) in [6.45, 7) is 0. The van der Waals surface area contributed by atoms with Crippen LogP contribution in [0.3, 0.4) is 0 Å². The van der Waals surface area contributed by atoms with Gasteiger partial charge < -0.3 is 10.1 Å². The Kier molecular flexibility index (Phi) is 5.61. The lowest BCUT2D eigenvalue weighted by molar-refractivity contribution is -0.138. The van der Waals surface area contributed by atoms with Gasteiger partial charge in [-0.25, -0.2) is 13.2 Å². The number of hydrogen-bond acceptors (Lipinski definition) is 4. The normalized spacial score (nSPS) is 10.5. The second-order valence-corrected chi connectivity index (χ2v) is 4.91. The summed E-state index contributed by atoms with van der Waals surface area (Å²) < 4.78 is 84.4. The van der Waals surface area contributed by atoms with Gasteiger partial charge in [0.15, 0.2) is 29.0 Å². The first-order chi connectivity index (χ1) is 12.7. The van der Waals surface area contributed by atoms with E-state index < -0.39 is 46.3 Å². The number of benzene rings is 2. The SMILES string of the molecule is N#CC(C#N)=CNc1cccc(F)c1Oc1c(F)cc(C(F)(F)F)cc1F. The summed E-state index contributed by atoms with van der Waals surface area (Å²) in [6, 6.07) is 6.32. The van der Waals surface area contributed by atoms with Crippen LogP contribution in [-0.4, -0.2) is 0 Å². The molecule has 0 aliphatic carbocycles. The molecule has 1 N–H and O–H groups in total. The minimum Gasteiger partial charge on any atom is -0.446 e. The van der Waals surface area contributed by atoms with Crippen molar-refractivity contribution in [3.05, 3.63) is 65.1 Å². The van der Waals surface area contributed by atoms with Crippen molar-refractivity contribution >= 4 is 5.69 Å². The quantitative estimate of drug-likeness (QED) is 0.578. The highest BCUT2D eigenvalue weighted by Crippen LogP contribution is 2.38. The number of nitrogens with one attached hydrogen (secondary N) is 1. The van der Waals surface area contributed by atoms with E-state index in [1.54, 1.807) is 0 Å². The largest absolute Gasteiger partial charge is 0.446 e. The maximum absolute atomic E-state index is 14.0. The van der Waals surface area contributed by atoms with Gasteiger partial charge in [-0.2, -0.15) is 23.7 Å². The monoisotopic (exact) mass is 383 g/mol. The molecule has 0 aliphatic heterocycles. The van der Waals surface area contributed by atoms with Crippen LogP contribution in [-0.2, 0) is 6.18 Å². The van der Waals surface area contributed by atoms with Crippen LogP contribution in [0.2, 0.25) is 0 Å². The average molecular weight is 383 g/mol. The zero-order valence-electron chi connectivity index (χ0n) is 13.0. The summed E-state index contributed by atoms with van der Waals surface area (Å²) >= 11 is 0. The zero-order chi connectivity index (χ0) is 20.2. The Morgan fingerprint density at radius 1 is 0.963 bits per heavy atom. The van der Waals surface area contributed by atoms with E-state index in [1.807, 2.05) is 0 Å². The molecule has 0 aromatic heterocycles. The van der Waals surface area contributed by atoms with E-state index >= 15 is 0 Å². The van der Waals surface area contributed by atoms with Crippen molar-refractivity contribution in [2.24, 2.45) is 0 Å². The number of anilines is 1. The van der Waals surface area contributed by atoms with Crippen LogP contribution in [0.5, 0.6) is 11.5 Å². The highest BCUT2D eigenvalue weighted by molar-refractivity contribution is 5.61. The molecule has 0 atom stereocenters. The molecule has 0 amide bonds. The van der Waals surface area contributed by atoms with E-state index in [4.69, 9.17) is 15.3 Å². The highest BCUT2D eigenvalue weighted by Gasteiger charge is 2.33. The summed E-state index contributed by atoms with van der Waals surface area (Å²) in [5.41, 5.74) is -2.19. The lowest BCUT2D eigenvalue weighted by Crippen LogP contribution is -2.07. The molecular formula is C17H7F6N3O. The number of alkyl halides is 3. The minimum absolute atomic E-state index is 0.00965. The fraction of sp³-hybridized carbons (Fsp3) is 0.0588. The van der Waals surface area contributed by atoms with E-state index in [-0.39, 0.29) is 17.8 Å². The summed E-state index contributed by atoms with van der Waals surface area (Å²) in [6.07, 6.45) is -4.10. The van der Waals surface area contributed by atoms with Crippen molar-refractivity contribution in [3.8, 4) is 23.6 Å². The van der Waals surface area contributed by atoms with E-state index in [0.29, 0.717) is 0 Å². The minimum atomic E-state index is -4.99. The van der Waals surface area contributed by atoms with E-state index in [0.717, 1.165) is 12.3 Å². The molecule has 0 unspecified atom stereocenters. The number of nitriles is 2. The van der Waals surface area contributed by atoms with Crippen LogP contribution < -0.4 is 10.1 Å².